The van der Waals surface area contributed by atoms with Crippen molar-refractivity contribution < 1.29 is 19.4 Å². The number of aliphatic carboxylic acids is 1. The van der Waals surface area contributed by atoms with E-state index >= 15 is 0 Å². The number of carbonyl (C=O) groups is 1. The quantitative estimate of drug-likeness (QED) is 0.725. The summed E-state index contributed by atoms with van der Waals surface area (Å²) in [5, 5.41) is 17.8. The predicted molar refractivity (Wildman–Crippen MR) is 52.0 cm³/mol. The molecule has 1 aromatic rings. The number of aliphatic hydroxyl groups excluding tert-OH is 1. The van der Waals surface area contributed by atoms with E-state index in [2.05, 4.69) is 0 Å². The lowest BCUT2D eigenvalue weighted by molar-refractivity contribution is -0.141. The number of aliphatic hydroxyl groups is 1. The molecule has 0 radical (unpaired) electrons. The first-order chi connectivity index (χ1) is 6.93. The number of hydrogen-bond donors (Lipinski definition) is 3. The molecule has 4 N–H and O–H groups in total. The molecule has 0 saturated carbocycles. The molecule has 0 aliphatic carbocycles. The lowest BCUT2D eigenvalue weighted by Gasteiger charge is -2.15. The zero-order valence-corrected chi connectivity index (χ0v) is 8.28. The Labute approximate surface area is 90.1 Å². The van der Waals surface area contributed by atoms with Gasteiger partial charge in [-0.3, -0.25) is 4.79 Å². The van der Waals surface area contributed by atoms with Gasteiger partial charge in [0.2, 0.25) is 0 Å². The zero-order chi connectivity index (χ0) is 11.6. The minimum atomic E-state index is -1.47. The molecule has 0 spiro atoms. The van der Waals surface area contributed by atoms with Gasteiger partial charge in [0.1, 0.15) is 18.0 Å². The largest absolute Gasteiger partial charge is 0.480 e. The van der Waals surface area contributed by atoms with E-state index in [1.165, 1.54) is 6.07 Å². The molecule has 0 aliphatic heterocycles. The Kier molecular flexibility index (Phi) is 3.62. The van der Waals surface area contributed by atoms with Crippen LogP contribution in [0.4, 0.5) is 4.39 Å². The van der Waals surface area contributed by atoms with Gasteiger partial charge in [-0.2, -0.15) is 0 Å². The van der Waals surface area contributed by atoms with E-state index in [1.807, 2.05) is 0 Å². The van der Waals surface area contributed by atoms with E-state index in [9.17, 15) is 14.3 Å². The van der Waals surface area contributed by atoms with E-state index < -0.39 is 23.9 Å². The summed E-state index contributed by atoms with van der Waals surface area (Å²) in [5.41, 5.74) is 5.36. The standard InChI is InChI=1S/C9H9ClFNO3/c10-5-3-4(1-2-6(5)11)8(13)7(12)9(14)15/h1-3,7-8,13H,12H2,(H,14,15). The minimum absolute atomic E-state index is 0.163. The van der Waals surface area contributed by atoms with E-state index in [4.69, 9.17) is 22.4 Å². The maximum atomic E-state index is 12.8. The molecule has 0 heterocycles. The van der Waals surface area contributed by atoms with E-state index in [0.717, 1.165) is 12.1 Å². The molecule has 15 heavy (non-hydrogen) atoms. The van der Waals surface area contributed by atoms with Gasteiger partial charge in [-0.25, -0.2) is 4.39 Å². The van der Waals surface area contributed by atoms with Gasteiger partial charge in [-0.1, -0.05) is 17.7 Å². The second-order valence-electron chi connectivity index (χ2n) is 2.98. The van der Waals surface area contributed by atoms with Gasteiger partial charge in [0, 0.05) is 0 Å². The SMILES string of the molecule is NC(C(=O)O)C(O)c1ccc(F)c(Cl)c1. The van der Waals surface area contributed by atoms with Crippen LogP contribution in [0.25, 0.3) is 0 Å². The second kappa shape index (κ2) is 4.57. The van der Waals surface area contributed by atoms with Crippen LogP contribution < -0.4 is 5.73 Å². The summed E-state index contributed by atoms with van der Waals surface area (Å²) in [6.07, 6.45) is -1.42. The highest BCUT2D eigenvalue weighted by atomic mass is 35.5. The Morgan fingerprint density at radius 3 is 2.60 bits per heavy atom. The van der Waals surface area contributed by atoms with Crippen molar-refractivity contribution in [3.05, 3.63) is 34.6 Å². The predicted octanol–water partition coefficient (Wildman–Crippen LogP) is 0.924. The summed E-state index contributed by atoms with van der Waals surface area (Å²) in [7, 11) is 0. The summed E-state index contributed by atoms with van der Waals surface area (Å²) < 4.78 is 12.8. The Morgan fingerprint density at radius 2 is 2.13 bits per heavy atom. The summed E-state index contributed by atoms with van der Waals surface area (Å²) in [6, 6.07) is 1.95. The highest BCUT2D eigenvalue weighted by Crippen LogP contribution is 2.22. The fourth-order valence-electron chi connectivity index (χ4n) is 1.04. The molecule has 2 atom stereocenters. The molecule has 2 unspecified atom stereocenters. The van der Waals surface area contributed by atoms with Gasteiger partial charge in [0.25, 0.3) is 0 Å². The Morgan fingerprint density at radius 1 is 1.53 bits per heavy atom. The number of benzene rings is 1. The molecule has 0 bridgehead atoms. The van der Waals surface area contributed by atoms with Crippen molar-refractivity contribution in [1.29, 1.82) is 0 Å². The molecule has 0 fully saturated rings. The van der Waals surface area contributed by atoms with Crippen LogP contribution in [0.15, 0.2) is 18.2 Å². The molecule has 82 valence electrons. The number of halogens is 2. The molecule has 0 aromatic heterocycles. The Bertz CT molecular complexity index is 386. The van der Waals surface area contributed by atoms with Crippen molar-refractivity contribution in [3.63, 3.8) is 0 Å². The highest BCUT2D eigenvalue weighted by Gasteiger charge is 2.23. The van der Waals surface area contributed by atoms with Gasteiger partial charge in [-0.05, 0) is 17.7 Å². The number of carboxylic acid groups (broad SMARTS) is 1. The van der Waals surface area contributed by atoms with Gasteiger partial charge in [-0.15, -0.1) is 0 Å². The number of carboxylic acids is 1. The van der Waals surface area contributed by atoms with Gasteiger partial charge < -0.3 is 15.9 Å². The van der Waals surface area contributed by atoms with Gasteiger partial charge in [0.05, 0.1) is 5.02 Å². The van der Waals surface area contributed by atoms with E-state index in [1.54, 1.807) is 0 Å². The molecule has 6 heteroatoms. The third-order valence-electron chi connectivity index (χ3n) is 1.91. The molecular weight excluding hydrogens is 225 g/mol. The highest BCUT2D eigenvalue weighted by molar-refractivity contribution is 6.30. The maximum absolute atomic E-state index is 12.8. The fourth-order valence-corrected chi connectivity index (χ4v) is 1.23. The second-order valence-corrected chi connectivity index (χ2v) is 3.39. The first-order valence-electron chi connectivity index (χ1n) is 4.05. The molecule has 0 saturated heterocycles. The summed E-state index contributed by atoms with van der Waals surface area (Å²) in [5.74, 6) is -1.99. The normalized spacial score (nSPS) is 14.7. The third kappa shape index (κ3) is 2.65. The van der Waals surface area contributed by atoms with Crippen molar-refractivity contribution in [2.45, 2.75) is 12.1 Å². The number of rotatable bonds is 3. The smallest absolute Gasteiger partial charge is 0.323 e. The minimum Gasteiger partial charge on any atom is -0.480 e. The Hall–Kier alpha value is -1.17. The van der Waals surface area contributed by atoms with Gasteiger partial charge >= 0.3 is 5.97 Å². The van der Waals surface area contributed by atoms with E-state index in [-0.39, 0.29) is 10.6 Å². The number of nitrogens with two attached hydrogens (primary N) is 1. The van der Waals surface area contributed by atoms with Crippen molar-refractivity contribution in [2.75, 3.05) is 0 Å². The first-order valence-corrected chi connectivity index (χ1v) is 4.42. The van der Waals surface area contributed by atoms with Crippen LogP contribution in [0.2, 0.25) is 5.02 Å². The van der Waals surface area contributed by atoms with Crippen molar-refractivity contribution >= 4 is 17.6 Å². The van der Waals surface area contributed by atoms with Crippen molar-refractivity contribution in [1.82, 2.24) is 0 Å². The first kappa shape index (κ1) is 11.9. The molecule has 4 nitrogen and oxygen atoms in total. The molecule has 1 rings (SSSR count). The average molecular weight is 234 g/mol. The lowest BCUT2D eigenvalue weighted by atomic mass is 10.0. The summed E-state index contributed by atoms with van der Waals surface area (Å²) in [6.45, 7) is 0. The zero-order valence-electron chi connectivity index (χ0n) is 7.52. The lowest BCUT2D eigenvalue weighted by Crippen LogP contribution is -2.36. The van der Waals surface area contributed by atoms with Crippen LogP contribution in [0.3, 0.4) is 0 Å². The number of hydrogen-bond acceptors (Lipinski definition) is 3. The topological polar surface area (TPSA) is 83.6 Å². The van der Waals surface area contributed by atoms with E-state index in [0.29, 0.717) is 0 Å². The van der Waals surface area contributed by atoms with Crippen LogP contribution in [0.5, 0.6) is 0 Å². The van der Waals surface area contributed by atoms with Crippen LogP contribution >= 0.6 is 11.6 Å². The summed E-state index contributed by atoms with van der Waals surface area (Å²) in [4.78, 5) is 10.5. The maximum Gasteiger partial charge on any atom is 0.323 e. The Balaban J connectivity index is 2.96. The average Bonchev–Trinajstić information content (AvgIpc) is 2.19. The van der Waals surface area contributed by atoms with Crippen LogP contribution in [-0.2, 0) is 4.79 Å². The summed E-state index contributed by atoms with van der Waals surface area (Å²) >= 11 is 5.47. The molecule has 0 amide bonds. The van der Waals surface area contributed by atoms with Crippen molar-refractivity contribution in [2.24, 2.45) is 5.73 Å². The van der Waals surface area contributed by atoms with Crippen LogP contribution in [-0.4, -0.2) is 22.2 Å². The van der Waals surface area contributed by atoms with Crippen LogP contribution in [0, 0.1) is 5.82 Å². The molecule has 1 aromatic carbocycles. The third-order valence-corrected chi connectivity index (χ3v) is 2.20. The molecule has 0 aliphatic rings. The molecular formula is C9H9ClFNO3. The monoisotopic (exact) mass is 233 g/mol. The van der Waals surface area contributed by atoms with Crippen molar-refractivity contribution in [3.8, 4) is 0 Å². The van der Waals surface area contributed by atoms with Crippen LogP contribution in [0.1, 0.15) is 11.7 Å². The van der Waals surface area contributed by atoms with Gasteiger partial charge in [0.15, 0.2) is 0 Å². The fraction of sp³-hybridized carbons (Fsp3) is 0.222.